The molecule has 0 rings (SSSR count). The first-order valence-electron chi connectivity index (χ1n) is 2.60. The Bertz CT molecular complexity index is 131. The molecule has 0 saturated heterocycles. The van der Waals surface area contributed by atoms with Crippen LogP contribution in [-0.4, -0.2) is 23.8 Å². The summed E-state index contributed by atoms with van der Waals surface area (Å²) in [6, 6.07) is 0. The molecule has 0 heterocycles. The number of thioether (sulfide) groups is 1. The van der Waals surface area contributed by atoms with Crippen LogP contribution in [0.25, 0.3) is 0 Å². The molecule has 0 aromatic carbocycles. The normalized spacial score (nSPS) is 11.7. The average Bonchev–Trinajstić information content (AvgIpc) is 1.87. The smallest absolute Gasteiger partial charge is 0.0738 e. The summed E-state index contributed by atoms with van der Waals surface area (Å²) in [6.45, 7) is 5.50. The van der Waals surface area contributed by atoms with Crippen LogP contribution in [0.4, 0.5) is 0 Å². The predicted molar refractivity (Wildman–Crippen MR) is 42.8 cm³/mol. The van der Waals surface area contributed by atoms with Gasteiger partial charge in [-0.05, 0) is 6.92 Å². The van der Waals surface area contributed by atoms with Gasteiger partial charge in [0.25, 0.3) is 0 Å². The Morgan fingerprint density at radius 2 is 2.33 bits per heavy atom. The van der Waals surface area contributed by atoms with Crippen molar-refractivity contribution >= 4 is 16.8 Å². The van der Waals surface area contributed by atoms with Gasteiger partial charge in [-0.2, -0.15) is 0 Å². The van der Waals surface area contributed by atoms with E-state index < -0.39 is 0 Å². The maximum Gasteiger partial charge on any atom is 0.0738 e. The number of nitrogens with zero attached hydrogens (tertiary/aromatic N) is 1. The summed E-state index contributed by atoms with van der Waals surface area (Å²) in [5.74, 6) is 0. The summed E-state index contributed by atoms with van der Waals surface area (Å²) in [5, 5.41) is 9.43. The third-order valence-corrected chi connectivity index (χ3v) is 1.68. The maximum absolute atomic E-state index is 8.50. The molecule has 0 aliphatic carbocycles. The van der Waals surface area contributed by atoms with Crippen molar-refractivity contribution in [3.05, 3.63) is 11.5 Å². The van der Waals surface area contributed by atoms with Crippen LogP contribution in [0, 0.1) is 0 Å². The molecule has 0 aromatic rings. The van der Waals surface area contributed by atoms with Gasteiger partial charge in [0.15, 0.2) is 0 Å². The fourth-order valence-corrected chi connectivity index (χ4v) is 0.860. The Morgan fingerprint density at radius 1 is 1.78 bits per heavy atom. The molecule has 52 valence electrons. The molecule has 0 amide bonds. The van der Waals surface area contributed by atoms with E-state index in [1.165, 1.54) is 11.8 Å². The molecule has 0 saturated carbocycles. The third kappa shape index (κ3) is 4.24. The lowest BCUT2D eigenvalue weighted by molar-refractivity contribution is 0.340. The number of aliphatic hydroxyl groups excluding tert-OH is 1. The quantitative estimate of drug-likeness (QED) is 0.469. The van der Waals surface area contributed by atoms with Gasteiger partial charge in [0, 0.05) is 12.0 Å². The van der Waals surface area contributed by atoms with Crippen molar-refractivity contribution in [1.29, 1.82) is 0 Å². The van der Waals surface area contributed by atoms with Crippen LogP contribution in [-0.2, 0) is 0 Å². The van der Waals surface area contributed by atoms with Crippen molar-refractivity contribution in [2.75, 3.05) is 13.7 Å². The minimum absolute atomic E-state index is 0.0253. The molecule has 0 unspecified atom stereocenters. The van der Waals surface area contributed by atoms with Crippen molar-refractivity contribution in [2.24, 2.45) is 4.99 Å². The van der Waals surface area contributed by atoms with Gasteiger partial charge in [-0.3, -0.25) is 4.99 Å². The molecule has 3 heteroatoms. The van der Waals surface area contributed by atoms with Gasteiger partial charge in [0.1, 0.15) is 0 Å². The standard InChI is InChI=1S/C6H11NOS/c1-5(4-8)9-6(2)7-3/h8H,1,4H2,2-3H3. The first-order chi connectivity index (χ1) is 4.20. The maximum atomic E-state index is 8.50. The predicted octanol–water partition coefficient (Wildman–Crippen LogP) is 1.27. The Labute approximate surface area is 59.7 Å². The molecule has 0 fully saturated rings. The molecule has 9 heavy (non-hydrogen) atoms. The number of aliphatic hydroxyl groups is 1. The van der Waals surface area contributed by atoms with Crippen LogP contribution < -0.4 is 0 Å². The molecule has 0 atom stereocenters. The van der Waals surface area contributed by atoms with E-state index in [4.69, 9.17) is 5.11 Å². The minimum Gasteiger partial charge on any atom is -0.391 e. The van der Waals surface area contributed by atoms with E-state index >= 15 is 0 Å². The fourth-order valence-electron chi connectivity index (χ4n) is 0.287. The average molecular weight is 145 g/mol. The van der Waals surface area contributed by atoms with Gasteiger partial charge in [-0.25, -0.2) is 0 Å². The van der Waals surface area contributed by atoms with E-state index in [1.54, 1.807) is 7.05 Å². The molecular weight excluding hydrogens is 134 g/mol. The van der Waals surface area contributed by atoms with Crippen LogP contribution in [0.5, 0.6) is 0 Å². The second-order valence-corrected chi connectivity index (χ2v) is 2.91. The topological polar surface area (TPSA) is 32.6 Å². The monoisotopic (exact) mass is 145 g/mol. The molecular formula is C6H11NOS. The van der Waals surface area contributed by atoms with E-state index in [1.807, 2.05) is 6.92 Å². The summed E-state index contributed by atoms with van der Waals surface area (Å²) in [5.41, 5.74) is 0. The summed E-state index contributed by atoms with van der Waals surface area (Å²) in [6.07, 6.45) is 0. The van der Waals surface area contributed by atoms with Crippen LogP contribution in [0.1, 0.15) is 6.92 Å². The third-order valence-electron chi connectivity index (χ3n) is 0.783. The van der Waals surface area contributed by atoms with Crippen LogP contribution in [0.3, 0.4) is 0 Å². The summed E-state index contributed by atoms with van der Waals surface area (Å²) < 4.78 is 0. The summed E-state index contributed by atoms with van der Waals surface area (Å²) in [4.78, 5) is 4.62. The molecule has 0 radical (unpaired) electrons. The van der Waals surface area contributed by atoms with Gasteiger partial charge < -0.3 is 5.11 Å². The Morgan fingerprint density at radius 3 is 2.67 bits per heavy atom. The highest BCUT2D eigenvalue weighted by molar-refractivity contribution is 8.17. The zero-order valence-corrected chi connectivity index (χ0v) is 6.53. The Hall–Kier alpha value is -0.280. The van der Waals surface area contributed by atoms with Crippen molar-refractivity contribution in [2.45, 2.75) is 6.92 Å². The van der Waals surface area contributed by atoms with Gasteiger partial charge >= 0.3 is 0 Å². The Kier molecular flexibility index (Phi) is 4.44. The van der Waals surface area contributed by atoms with Gasteiger partial charge in [0.05, 0.1) is 11.7 Å². The van der Waals surface area contributed by atoms with Gasteiger partial charge in [-0.15, -0.1) is 0 Å². The van der Waals surface area contributed by atoms with Crippen molar-refractivity contribution in [3.63, 3.8) is 0 Å². The molecule has 1 N–H and O–H groups in total. The molecule has 0 bridgehead atoms. The van der Waals surface area contributed by atoms with Gasteiger partial charge in [0.2, 0.25) is 0 Å². The van der Waals surface area contributed by atoms with E-state index in [-0.39, 0.29) is 6.61 Å². The lowest BCUT2D eigenvalue weighted by Gasteiger charge is -1.97. The second-order valence-electron chi connectivity index (χ2n) is 1.54. The fraction of sp³-hybridized carbons (Fsp3) is 0.500. The van der Waals surface area contributed by atoms with E-state index in [9.17, 15) is 0 Å². The van der Waals surface area contributed by atoms with Crippen LogP contribution in [0.15, 0.2) is 16.5 Å². The molecule has 0 spiro atoms. The lowest BCUT2D eigenvalue weighted by atomic mass is 10.7. The highest BCUT2D eigenvalue weighted by Crippen LogP contribution is 2.13. The Balaban J connectivity index is 3.60. The zero-order valence-electron chi connectivity index (χ0n) is 5.72. The van der Waals surface area contributed by atoms with Crippen molar-refractivity contribution in [3.8, 4) is 0 Å². The second kappa shape index (κ2) is 4.58. The van der Waals surface area contributed by atoms with Crippen molar-refractivity contribution < 1.29 is 5.11 Å². The van der Waals surface area contributed by atoms with E-state index in [2.05, 4.69) is 11.6 Å². The molecule has 0 aromatic heterocycles. The van der Waals surface area contributed by atoms with Crippen LogP contribution >= 0.6 is 11.8 Å². The van der Waals surface area contributed by atoms with Gasteiger partial charge in [-0.1, -0.05) is 18.3 Å². The van der Waals surface area contributed by atoms with E-state index in [0.29, 0.717) is 0 Å². The SMILES string of the molecule is C=C(CO)SC(C)=NC. The van der Waals surface area contributed by atoms with E-state index in [0.717, 1.165) is 9.95 Å². The molecule has 0 aliphatic rings. The summed E-state index contributed by atoms with van der Waals surface area (Å²) in [7, 11) is 1.72. The number of rotatable bonds is 2. The summed E-state index contributed by atoms with van der Waals surface area (Å²) >= 11 is 1.41. The number of hydrogen-bond donors (Lipinski definition) is 1. The first kappa shape index (κ1) is 8.72. The minimum atomic E-state index is 0.0253. The largest absolute Gasteiger partial charge is 0.391 e. The van der Waals surface area contributed by atoms with Crippen molar-refractivity contribution in [1.82, 2.24) is 0 Å². The number of hydrogen-bond acceptors (Lipinski definition) is 3. The van der Waals surface area contributed by atoms with Crippen LogP contribution in [0.2, 0.25) is 0 Å². The highest BCUT2D eigenvalue weighted by Gasteiger charge is 1.93. The molecule has 2 nitrogen and oxygen atoms in total. The highest BCUT2D eigenvalue weighted by atomic mass is 32.2. The number of aliphatic imine (C=N–C) groups is 1. The lowest BCUT2D eigenvalue weighted by Crippen LogP contribution is -1.88. The first-order valence-corrected chi connectivity index (χ1v) is 3.42. The molecule has 0 aliphatic heterocycles. The zero-order chi connectivity index (χ0) is 7.28.